The van der Waals surface area contributed by atoms with E-state index in [1.165, 1.54) is 17.0 Å². The van der Waals surface area contributed by atoms with Gasteiger partial charge in [0.05, 0.1) is 10.6 Å². The van der Waals surface area contributed by atoms with Gasteiger partial charge in [-0.1, -0.05) is 66.9 Å². The average molecular weight is 562 g/mol. The Hall–Kier alpha value is -3.65. The van der Waals surface area contributed by atoms with Gasteiger partial charge in [0, 0.05) is 12.6 Å². The van der Waals surface area contributed by atoms with E-state index in [0.29, 0.717) is 5.69 Å². The van der Waals surface area contributed by atoms with Gasteiger partial charge in [0.1, 0.15) is 12.6 Å². The molecule has 0 bridgehead atoms. The number of rotatable bonds is 10. The van der Waals surface area contributed by atoms with Crippen LogP contribution in [0.4, 0.5) is 5.69 Å². The largest absolute Gasteiger partial charge is 0.352 e. The third-order valence-corrected chi connectivity index (χ3v) is 9.20. The van der Waals surface area contributed by atoms with Crippen molar-refractivity contribution in [2.45, 2.75) is 76.9 Å². The average Bonchev–Trinajstić information content (AvgIpc) is 3.42. The molecule has 2 amide bonds. The van der Waals surface area contributed by atoms with E-state index in [4.69, 9.17) is 0 Å². The minimum Gasteiger partial charge on any atom is -0.352 e. The fourth-order valence-corrected chi connectivity index (χ4v) is 6.74. The van der Waals surface area contributed by atoms with Gasteiger partial charge >= 0.3 is 0 Å². The highest BCUT2D eigenvalue weighted by Crippen LogP contribution is 2.27. The SMILES string of the molecule is Cc1cccc(CN(C(=O)CN(c2cc(C)cc(C)c2)S(=O)(=O)c2ccccc2)[C@@H](C)C(=O)NC2CCCC2)c1. The zero-order chi connectivity index (χ0) is 28.9. The van der Waals surface area contributed by atoms with Crippen molar-refractivity contribution < 1.29 is 18.0 Å². The van der Waals surface area contributed by atoms with E-state index >= 15 is 0 Å². The van der Waals surface area contributed by atoms with Gasteiger partial charge in [-0.15, -0.1) is 0 Å². The molecule has 8 heteroatoms. The summed E-state index contributed by atoms with van der Waals surface area (Å²) < 4.78 is 29.0. The van der Waals surface area contributed by atoms with Crippen LogP contribution in [0.3, 0.4) is 0 Å². The first-order chi connectivity index (χ1) is 19.0. The van der Waals surface area contributed by atoms with Crippen LogP contribution in [0.2, 0.25) is 0 Å². The molecule has 0 radical (unpaired) electrons. The second-order valence-corrected chi connectivity index (χ2v) is 12.7. The fourth-order valence-electron chi connectivity index (χ4n) is 5.32. The topological polar surface area (TPSA) is 86.8 Å². The smallest absolute Gasteiger partial charge is 0.264 e. The Labute approximate surface area is 238 Å². The van der Waals surface area contributed by atoms with E-state index in [1.807, 2.05) is 51.1 Å². The normalized spacial score (nSPS) is 14.5. The molecule has 4 rings (SSSR count). The van der Waals surface area contributed by atoms with Crippen LogP contribution in [-0.4, -0.2) is 43.8 Å². The highest BCUT2D eigenvalue weighted by molar-refractivity contribution is 7.92. The Balaban J connectivity index is 1.70. The summed E-state index contributed by atoms with van der Waals surface area (Å²) in [5.41, 5.74) is 4.09. The number of sulfonamides is 1. The maximum absolute atomic E-state index is 14.1. The summed E-state index contributed by atoms with van der Waals surface area (Å²) in [6.07, 6.45) is 4.02. The van der Waals surface area contributed by atoms with Crippen LogP contribution in [-0.2, 0) is 26.2 Å². The Morgan fingerprint density at radius 2 is 1.52 bits per heavy atom. The molecular weight excluding hydrogens is 522 g/mol. The van der Waals surface area contributed by atoms with Crippen molar-refractivity contribution in [3.8, 4) is 0 Å². The molecule has 3 aromatic rings. The molecule has 1 fully saturated rings. The van der Waals surface area contributed by atoms with Gasteiger partial charge in [-0.05, 0) is 81.5 Å². The highest BCUT2D eigenvalue weighted by Gasteiger charge is 2.33. The molecule has 0 saturated heterocycles. The van der Waals surface area contributed by atoms with Crippen molar-refractivity contribution in [2.75, 3.05) is 10.8 Å². The summed E-state index contributed by atoms with van der Waals surface area (Å²) in [7, 11) is -4.08. The lowest BCUT2D eigenvalue weighted by molar-refractivity contribution is -0.139. The maximum atomic E-state index is 14.1. The number of amides is 2. The van der Waals surface area contributed by atoms with Crippen LogP contribution in [0.25, 0.3) is 0 Å². The molecule has 1 saturated carbocycles. The van der Waals surface area contributed by atoms with Crippen molar-refractivity contribution in [1.29, 1.82) is 0 Å². The number of anilines is 1. The van der Waals surface area contributed by atoms with E-state index < -0.39 is 28.5 Å². The molecule has 7 nitrogen and oxygen atoms in total. The van der Waals surface area contributed by atoms with Gasteiger partial charge in [0.2, 0.25) is 11.8 Å². The van der Waals surface area contributed by atoms with E-state index in [0.717, 1.165) is 52.2 Å². The summed E-state index contributed by atoms with van der Waals surface area (Å²) in [6, 6.07) is 20.7. The molecule has 0 aromatic heterocycles. The minimum atomic E-state index is -4.08. The van der Waals surface area contributed by atoms with Gasteiger partial charge in [0.25, 0.3) is 10.0 Å². The van der Waals surface area contributed by atoms with E-state index in [1.54, 1.807) is 37.3 Å². The van der Waals surface area contributed by atoms with Crippen LogP contribution in [0.15, 0.2) is 77.7 Å². The number of nitrogens with zero attached hydrogens (tertiary/aromatic N) is 2. The third-order valence-electron chi connectivity index (χ3n) is 7.41. The van der Waals surface area contributed by atoms with Crippen LogP contribution >= 0.6 is 0 Å². The molecular formula is C32H39N3O4S. The lowest BCUT2D eigenvalue weighted by Gasteiger charge is -2.32. The van der Waals surface area contributed by atoms with Crippen molar-refractivity contribution in [3.05, 3.63) is 95.1 Å². The standard InChI is InChI=1S/C32H39N3O4S/c1-23-11-10-12-27(18-23)21-34(26(4)32(37)33-28-13-8-9-14-28)31(36)22-35(29-19-24(2)17-25(3)20-29)40(38,39)30-15-6-5-7-16-30/h5-7,10-12,15-20,26,28H,8-9,13-14,21-22H2,1-4H3,(H,33,37)/t26-/m0/s1. The third kappa shape index (κ3) is 7.10. The van der Waals surface area contributed by atoms with Crippen LogP contribution in [0, 0.1) is 20.8 Å². The molecule has 0 spiro atoms. The minimum absolute atomic E-state index is 0.0965. The Bertz CT molecular complexity index is 1430. The van der Waals surface area contributed by atoms with E-state index in [2.05, 4.69) is 5.32 Å². The Morgan fingerprint density at radius 3 is 2.15 bits per heavy atom. The lowest BCUT2D eigenvalue weighted by atomic mass is 10.1. The molecule has 212 valence electrons. The Kier molecular flexibility index (Phi) is 9.30. The highest BCUT2D eigenvalue weighted by atomic mass is 32.2. The first-order valence-corrected chi connectivity index (χ1v) is 15.3. The van der Waals surface area contributed by atoms with E-state index in [9.17, 15) is 18.0 Å². The Morgan fingerprint density at radius 1 is 0.875 bits per heavy atom. The molecule has 0 unspecified atom stereocenters. The molecule has 3 aromatic carbocycles. The van der Waals surface area contributed by atoms with Gasteiger partial charge in [-0.25, -0.2) is 8.42 Å². The first kappa shape index (κ1) is 29.3. The number of benzene rings is 3. The maximum Gasteiger partial charge on any atom is 0.264 e. The van der Waals surface area contributed by atoms with Gasteiger partial charge < -0.3 is 10.2 Å². The zero-order valence-corrected chi connectivity index (χ0v) is 24.6. The van der Waals surface area contributed by atoms with Crippen molar-refractivity contribution in [2.24, 2.45) is 0 Å². The van der Waals surface area contributed by atoms with Crippen LogP contribution in [0.5, 0.6) is 0 Å². The quantitative estimate of drug-likeness (QED) is 0.365. The number of carbonyl (C=O) groups is 2. The monoisotopic (exact) mass is 561 g/mol. The number of hydrogen-bond acceptors (Lipinski definition) is 4. The summed E-state index contributed by atoms with van der Waals surface area (Å²) in [4.78, 5) is 29.0. The molecule has 40 heavy (non-hydrogen) atoms. The van der Waals surface area contributed by atoms with Gasteiger partial charge in [-0.3, -0.25) is 13.9 Å². The van der Waals surface area contributed by atoms with Crippen LogP contribution < -0.4 is 9.62 Å². The predicted octanol–water partition coefficient (Wildman–Crippen LogP) is 5.28. The van der Waals surface area contributed by atoms with Gasteiger partial charge in [-0.2, -0.15) is 0 Å². The number of carbonyl (C=O) groups excluding carboxylic acids is 2. The number of aryl methyl sites for hydroxylation is 3. The molecule has 1 aliphatic rings. The fraction of sp³-hybridized carbons (Fsp3) is 0.375. The summed E-state index contributed by atoms with van der Waals surface area (Å²) in [6.45, 7) is 7.22. The predicted molar refractivity (Wildman–Crippen MR) is 158 cm³/mol. The van der Waals surface area contributed by atoms with Crippen molar-refractivity contribution >= 4 is 27.5 Å². The summed E-state index contributed by atoms with van der Waals surface area (Å²) in [5.74, 6) is -0.675. The van der Waals surface area contributed by atoms with Crippen molar-refractivity contribution in [3.63, 3.8) is 0 Å². The number of hydrogen-bond donors (Lipinski definition) is 1. The second kappa shape index (κ2) is 12.7. The van der Waals surface area contributed by atoms with E-state index in [-0.39, 0.29) is 23.4 Å². The molecule has 1 aliphatic carbocycles. The second-order valence-electron chi connectivity index (χ2n) is 10.8. The van der Waals surface area contributed by atoms with Gasteiger partial charge in [0.15, 0.2) is 0 Å². The molecule has 1 N–H and O–H groups in total. The zero-order valence-electron chi connectivity index (χ0n) is 23.8. The summed E-state index contributed by atoms with van der Waals surface area (Å²) >= 11 is 0. The first-order valence-electron chi connectivity index (χ1n) is 13.9. The molecule has 0 heterocycles. The lowest BCUT2D eigenvalue weighted by Crippen LogP contribution is -2.52. The summed E-state index contributed by atoms with van der Waals surface area (Å²) in [5, 5.41) is 3.10. The number of nitrogens with one attached hydrogen (secondary N) is 1. The molecule has 0 aliphatic heterocycles. The molecule has 1 atom stereocenters. The van der Waals surface area contributed by atoms with Crippen LogP contribution in [0.1, 0.15) is 54.9 Å². The van der Waals surface area contributed by atoms with Crippen molar-refractivity contribution in [1.82, 2.24) is 10.2 Å².